The number of nitrogens with zero attached hydrogens (tertiary/aromatic N) is 2. The highest BCUT2D eigenvalue weighted by Gasteiger charge is 2.43. The lowest BCUT2D eigenvalue weighted by molar-refractivity contribution is -0.117. The van der Waals surface area contributed by atoms with Crippen molar-refractivity contribution in [3.63, 3.8) is 0 Å². The number of hydrogen-bond acceptors (Lipinski definition) is 3. The van der Waals surface area contributed by atoms with Gasteiger partial charge in [-0.3, -0.25) is 4.79 Å². The summed E-state index contributed by atoms with van der Waals surface area (Å²) in [6.45, 7) is 0. The number of anilines is 1. The van der Waals surface area contributed by atoms with Crippen LogP contribution in [0.3, 0.4) is 0 Å². The number of benzene rings is 1. The molecule has 3 rings (SSSR count). The number of halogens is 2. The van der Waals surface area contributed by atoms with Crippen molar-refractivity contribution in [1.29, 1.82) is 0 Å². The number of carbonyl (C=O) groups excluding carboxylic acids is 1. The summed E-state index contributed by atoms with van der Waals surface area (Å²) in [7, 11) is 0. The highest BCUT2D eigenvalue weighted by molar-refractivity contribution is 6.32. The van der Waals surface area contributed by atoms with E-state index in [0.29, 0.717) is 5.82 Å². The van der Waals surface area contributed by atoms with Gasteiger partial charge < -0.3 is 5.32 Å². The fourth-order valence-electron chi connectivity index (χ4n) is 2.23. The van der Waals surface area contributed by atoms with Gasteiger partial charge in [-0.25, -0.2) is 9.97 Å². The van der Waals surface area contributed by atoms with Crippen LogP contribution in [0, 0.1) is 5.92 Å². The molecule has 1 fully saturated rings. The summed E-state index contributed by atoms with van der Waals surface area (Å²) in [5, 5.41) is 2.95. The summed E-state index contributed by atoms with van der Waals surface area (Å²) >= 11 is 11.5. The average Bonchev–Trinajstić information content (AvgIpc) is 3.18. The Morgan fingerprint density at radius 3 is 2.65 bits per heavy atom. The minimum atomic E-state index is -0.0651. The second kappa shape index (κ2) is 5.38. The Morgan fingerprint density at radius 1 is 1.20 bits per heavy atom. The third-order valence-electron chi connectivity index (χ3n) is 3.27. The number of rotatable bonds is 3. The SMILES string of the molecule is O=C(Nc1cc(Cl)nc(Cl)n1)C1CC1c1ccccc1. The Kier molecular flexibility index (Phi) is 3.59. The lowest BCUT2D eigenvalue weighted by Crippen LogP contribution is -2.15. The van der Waals surface area contributed by atoms with Gasteiger partial charge in [0.1, 0.15) is 11.0 Å². The van der Waals surface area contributed by atoms with Crippen LogP contribution in [0.1, 0.15) is 17.9 Å². The van der Waals surface area contributed by atoms with Gasteiger partial charge in [0.05, 0.1) is 0 Å². The quantitative estimate of drug-likeness (QED) is 0.697. The van der Waals surface area contributed by atoms with Gasteiger partial charge in [0.15, 0.2) is 0 Å². The summed E-state index contributed by atoms with van der Waals surface area (Å²) in [4.78, 5) is 19.8. The zero-order chi connectivity index (χ0) is 14.1. The predicted molar refractivity (Wildman–Crippen MR) is 78.0 cm³/mol. The molecule has 20 heavy (non-hydrogen) atoms. The molecule has 1 amide bonds. The highest BCUT2D eigenvalue weighted by Crippen LogP contribution is 2.47. The third kappa shape index (κ3) is 2.92. The van der Waals surface area contributed by atoms with Crippen LogP contribution in [-0.4, -0.2) is 15.9 Å². The number of hydrogen-bond donors (Lipinski definition) is 1. The van der Waals surface area contributed by atoms with E-state index in [1.807, 2.05) is 30.3 Å². The second-order valence-corrected chi connectivity index (χ2v) is 5.42. The van der Waals surface area contributed by atoms with E-state index in [2.05, 4.69) is 15.3 Å². The Labute approximate surface area is 126 Å². The molecule has 102 valence electrons. The van der Waals surface area contributed by atoms with Crippen LogP contribution in [0.25, 0.3) is 0 Å². The van der Waals surface area contributed by atoms with E-state index in [1.54, 1.807) is 0 Å². The first-order chi connectivity index (χ1) is 9.63. The topological polar surface area (TPSA) is 54.9 Å². The molecular weight excluding hydrogens is 297 g/mol. The molecule has 1 N–H and O–H groups in total. The molecule has 0 radical (unpaired) electrons. The van der Waals surface area contributed by atoms with Gasteiger partial charge in [-0.2, -0.15) is 0 Å². The van der Waals surface area contributed by atoms with Crippen LogP contribution in [-0.2, 0) is 4.79 Å². The summed E-state index contributed by atoms with van der Waals surface area (Å²) in [6, 6.07) is 11.5. The van der Waals surface area contributed by atoms with Crippen LogP contribution in [0.15, 0.2) is 36.4 Å². The second-order valence-electron chi connectivity index (χ2n) is 4.69. The minimum Gasteiger partial charge on any atom is -0.310 e. The smallest absolute Gasteiger partial charge is 0.229 e. The molecule has 1 aromatic carbocycles. The summed E-state index contributed by atoms with van der Waals surface area (Å²) < 4.78 is 0. The molecule has 0 aliphatic heterocycles. The molecular formula is C14H11Cl2N3O. The average molecular weight is 308 g/mol. The molecule has 2 unspecified atom stereocenters. The van der Waals surface area contributed by atoms with Crippen LogP contribution >= 0.6 is 23.2 Å². The van der Waals surface area contributed by atoms with Crippen molar-refractivity contribution in [3.8, 4) is 0 Å². The monoisotopic (exact) mass is 307 g/mol. The summed E-state index contributed by atoms with van der Waals surface area (Å²) in [5.74, 6) is 0.525. The first-order valence-corrected chi connectivity index (χ1v) is 6.95. The minimum absolute atomic E-state index is 0.0169. The fourth-order valence-corrected chi connectivity index (χ4v) is 2.64. The zero-order valence-electron chi connectivity index (χ0n) is 10.4. The van der Waals surface area contributed by atoms with Crippen LogP contribution in [0.2, 0.25) is 10.4 Å². The van der Waals surface area contributed by atoms with Gasteiger partial charge in [-0.15, -0.1) is 0 Å². The van der Waals surface area contributed by atoms with Crippen LogP contribution in [0.5, 0.6) is 0 Å². The molecule has 0 saturated heterocycles. The van der Waals surface area contributed by atoms with Gasteiger partial charge in [-0.05, 0) is 29.5 Å². The lowest BCUT2D eigenvalue weighted by atomic mass is 10.1. The fraction of sp³-hybridized carbons (Fsp3) is 0.214. The van der Waals surface area contributed by atoms with Gasteiger partial charge >= 0.3 is 0 Å². The first kappa shape index (κ1) is 13.3. The maximum Gasteiger partial charge on any atom is 0.229 e. The standard InChI is InChI=1S/C14H11Cl2N3O/c15-11-7-12(19-14(16)17-11)18-13(20)10-6-9(10)8-4-2-1-3-5-8/h1-5,7,9-10H,6H2,(H,17,18,19,20). The molecule has 1 aromatic heterocycles. The Bertz CT molecular complexity index is 628. The van der Waals surface area contributed by atoms with Gasteiger partial charge in [0, 0.05) is 12.0 Å². The van der Waals surface area contributed by atoms with Crippen molar-refractivity contribution in [2.45, 2.75) is 12.3 Å². The van der Waals surface area contributed by atoms with Crippen molar-refractivity contribution < 1.29 is 4.79 Å². The molecule has 4 nitrogen and oxygen atoms in total. The van der Waals surface area contributed by atoms with Crippen molar-refractivity contribution in [2.24, 2.45) is 5.92 Å². The predicted octanol–water partition coefficient (Wildman–Crippen LogP) is 3.53. The molecule has 1 heterocycles. The Balaban J connectivity index is 1.67. The molecule has 6 heteroatoms. The van der Waals surface area contributed by atoms with Gasteiger partial charge in [0.25, 0.3) is 0 Å². The first-order valence-electron chi connectivity index (χ1n) is 6.19. The van der Waals surface area contributed by atoms with Gasteiger partial charge in [0.2, 0.25) is 11.2 Å². The molecule has 2 aromatic rings. The molecule has 0 bridgehead atoms. The van der Waals surface area contributed by atoms with E-state index in [-0.39, 0.29) is 28.2 Å². The van der Waals surface area contributed by atoms with Crippen molar-refractivity contribution >= 4 is 34.9 Å². The number of carbonyl (C=O) groups is 1. The van der Waals surface area contributed by atoms with Crippen molar-refractivity contribution in [1.82, 2.24) is 9.97 Å². The summed E-state index contributed by atoms with van der Waals surface area (Å²) in [6.07, 6.45) is 0.850. The largest absolute Gasteiger partial charge is 0.310 e. The van der Waals surface area contributed by atoms with E-state index in [0.717, 1.165) is 6.42 Å². The molecule has 1 aliphatic rings. The van der Waals surface area contributed by atoms with Crippen molar-refractivity contribution in [2.75, 3.05) is 5.32 Å². The number of aromatic nitrogens is 2. The molecule has 1 aliphatic carbocycles. The number of amides is 1. The summed E-state index contributed by atoms with van der Waals surface area (Å²) in [5.41, 5.74) is 1.19. The normalized spacial score (nSPS) is 20.5. The maximum atomic E-state index is 12.1. The van der Waals surface area contributed by atoms with Crippen molar-refractivity contribution in [3.05, 3.63) is 52.4 Å². The van der Waals surface area contributed by atoms with Crippen LogP contribution in [0.4, 0.5) is 5.82 Å². The third-order valence-corrected chi connectivity index (χ3v) is 3.64. The van der Waals surface area contributed by atoms with E-state index in [1.165, 1.54) is 11.6 Å². The van der Waals surface area contributed by atoms with E-state index < -0.39 is 0 Å². The number of nitrogens with one attached hydrogen (secondary N) is 1. The van der Waals surface area contributed by atoms with Crippen LogP contribution < -0.4 is 5.32 Å². The lowest BCUT2D eigenvalue weighted by Gasteiger charge is -2.04. The molecule has 2 atom stereocenters. The van der Waals surface area contributed by atoms with E-state index in [9.17, 15) is 4.79 Å². The molecule has 1 saturated carbocycles. The zero-order valence-corrected chi connectivity index (χ0v) is 11.9. The molecule has 0 spiro atoms. The van der Waals surface area contributed by atoms with E-state index in [4.69, 9.17) is 23.2 Å². The van der Waals surface area contributed by atoms with E-state index >= 15 is 0 Å². The maximum absolute atomic E-state index is 12.1. The van der Waals surface area contributed by atoms with Gasteiger partial charge in [-0.1, -0.05) is 41.9 Å². The highest BCUT2D eigenvalue weighted by atomic mass is 35.5. The Hall–Kier alpha value is -1.65. The Morgan fingerprint density at radius 2 is 1.95 bits per heavy atom.